The second-order valence-corrected chi connectivity index (χ2v) is 12.0. The van der Waals surface area contributed by atoms with Crippen molar-refractivity contribution in [3.8, 4) is 23.0 Å². The van der Waals surface area contributed by atoms with Gasteiger partial charge in [-0.15, -0.1) is 0 Å². The Bertz CT molecular complexity index is 1660. The lowest BCUT2D eigenvalue weighted by Crippen LogP contribution is -2.47. The number of halogens is 1. The van der Waals surface area contributed by atoms with Crippen molar-refractivity contribution in [2.75, 3.05) is 15.6 Å². The summed E-state index contributed by atoms with van der Waals surface area (Å²) >= 11 is 3.61. The number of rotatable bonds is 7. The van der Waals surface area contributed by atoms with Crippen LogP contribution < -0.4 is 19.3 Å². The first-order chi connectivity index (χ1) is 18.8. The Morgan fingerprint density at radius 1 is 0.795 bits per heavy atom. The van der Waals surface area contributed by atoms with Crippen LogP contribution >= 0.6 is 15.9 Å². The maximum atomic E-state index is 12.2. The number of aryl methyl sites for hydroxylation is 1. The van der Waals surface area contributed by atoms with E-state index in [2.05, 4.69) is 38.7 Å². The van der Waals surface area contributed by atoms with Gasteiger partial charge in [0.2, 0.25) is 0 Å². The van der Waals surface area contributed by atoms with Crippen LogP contribution in [0, 0.1) is 0 Å². The largest absolute Gasteiger partial charge is 0.453 e. The van der Waals surface area contributed by atoms with E-state index in [1.54, 1.807) is 0 Å². The van der Waals surface area contributed by atoms with Crippen molar-refractivity contribution in [3.05, 3.63) is 95.0 Å². The third-order valence-corrected chi connectivity index (χ3v) is 8.19. The second-order valence-electron chi connectivity index (χ2n) is 9.56. The number of ether oxygens (including phenoxy) is 2. The van der Waals surface area contributed by atoms with Crippen molar-refractivity contribution in [2.45, 2.75) is 32.4 Å². The molecule has 2 aliphatic heterocycles. The van der Waals surface area contributed by atoms with Gasteiger partial charge in [0.25, 0.3) is 10.1 Å². The Morgan fingerprint density at radius 2 is 1.41 bits per heavy atom. The van der Waals surface area contributed by atoms with E-state index in [9.17, 15) is 13.0 Å². The lowest BCUT2D eigenvalue weighted by Gasteiger charge is -2.47. The predicted molar refractivity (Wildman–Crippen MR) is 157 cm³/mol. The highest BCUT2D eigenvalue weighted by atomic mass is 79.9. The molecule has 2 aliphatic rings. The molecule has 0 aliphatic carbocycles. The number of hydrogen-bond acceptors (Lipinski definition) is 6. The van der Waals surface area contributed by atoms with Crippen molar-refractivity contribution in [2.24, 2.45) is 0 Å². The summed E-state index contributed by atoms with van der Waals surface area (Å²) in [7, 11) is -4.26. The first-order valence-electron chi connectivity index (χ1n) is 12.8. The van der Waals surface area contributed by atoms with Gasteiger partial charge in [-0.05, 0) is 60.5 Å². The zero-order valence-electron chi connectivity index (χ0n) is 21.2. The number of fused-ring (bicyclic) bond motifs is 4. The van der Waals surface area contributed by atoms with Crippen molar-refractivity contribution in [1.82, 2.24) is 0 Å². The first-order valence-corrected chi connectivity index (χ1v) is 15.2. The van der Waals surface area contributed by atoms with E-state index in [4.69, 9.17) is 9.47 Å². The molecule has 9 heteroatoms. The molecule has 0 amide bonds. The van der Waals surface area contributed by atoms with Gasteiger partial charge in [0, 0.05) is 10.9 Å². The lowest BCUT2D eigenvalue weighted by atomic mass is 10.0. The molecule has 0 saturated heterocycles. The van der Waals surface area contributed by atoms with Gasteiger partial charge in [0.1, 0.15) is 6.17 Å². The van der Waals surface area contributed by atoms with Crippen LogP contribution in [0.4, 0.5) is 22.7 Å². The summed E-state index contributed by atoms with van der Waals surface area (Å²) in [5, 5.41) is 0. The fourth-order valence-corrected chi connectivity index (χ4v) is 6.25. The minimum absolute atomic E-state index is 0.105. The predicted octanol–water partition coefficient (Wildman–Crippen LogP) is 8.19. The van der Waals surface area contributed by atoms with Gasteiger partial charge in [-0.1, -0.05) is 65.7 Å². The first kappa shape index (κ1) is 25.7. The molecule has 1 N–H and O–H groups in total. The molecular formula is C30H27BrN2O5S. The molecule has 0 bridgehead atoms. The Balaban J connectivity index is 1.63. The number of anilines is 4. The van der Waals surface area contributed by atoms with Crippen molar-refractivity contribution in [3.63, 3.8) is 0 Å². The molecule has 0 fully saturated rings. The van der Waals surface area contributed by atoms with Crippen molar-refractivity contribution >= 4 is 48.8 Å². The van der Waals surface area contributed by atoms with E-state index >= 15 is 0 Å². The van der Waals surface area contributed by atoms with Crippen LogP contribution in [-0.2, 0) is 16.5 Å². The second kappa shape index (κ2) is 10.2. The van der Waals surface area contributed by atoms with Gasteiger partial charge in [0.15, 0.2) is 23.0 Å². The Morgan fingerprint density at radius 3 is 2.10 bits per heavy atom. The number of benzene rings is 4. The molecule has 2 heterocycles. The average Bonchev–Trinajstić information content (AvgIpc) is 2.92. The van der Waals surface area contributed by atoms with E-state index in [0.29, 0.717) is 23.0 Å². The van der Waals surface area contributed by atoms with Crippen LogP contribution in [0.1, 0.15) is 25.3 Å². The maximum Gasteiger partial charge on any atom is 0.265 e. The summed E-state index contributed by atoms with van der Waals surface area (Å²) in [6.07, 6.45) is 1.29. The van der Waals surface area contributed by atoms with Gasteiger partial charge in [0.05, 0.1) is 28.5 Å². The molecule has 1 atom stereocenters. The van der Waals surface area contributed by atoms with E-state index in [1.807, 2.05) is 78.9 Å². The standard InChI is InChI=1S/C30H27BrN2O5S/c1-2-8-20-9-7-14-28-30(20)33(23-11-4-6-13-26(23)38-28)29(17-18-39(34,35)36)32-22-10-3-5-12-25(22)37-27-16-15-21(31)19-24(27)32/h3-7,9-16,19,29H,2,8,17-18H2,1H3,(H,34,35,36). The summed E-state index contributed by atoms with van der Waals surface area (Å²) in [4.78, 5) is 4.27. The number of hydrogen-bond donors (Lipinski definition) is 1. The molecule has 0 saturated carbocycles. The minimum atomic E-state index is -4.26. The lowest BCUT2D eigenvalue weighted by molar-refractivity contribution is 0.447. The monoisotopic (exact) mass is 606 g/mol. The summed E-state index contributed by atoms with van der Waals surface area (Å²) in [5.74, 6) is 2.26. The minimum Gasteiger partial charge on any atom is -0.453 e. The van der Waals surface area contributed by atoms with Crippen LogP contribution in [0.2, 0.25) is 0 Å². The Labute approximate surface area is 236 Å². The van der Waals surface area contributed by atoms with Crippen LogP contribution in [0.15, 0.2) is 89.4 Å². The molecule has 7 nitrogen and oxygen atoms in total. The molecule has 0 aromatic heterocycles. The molecule has 6 rings (SSSR count). The van der Waals surface area contributed by atoms with Crippen molar-refractivity contribution in [1.29, 1.82) is 0 Å². The van der Waals surface area contributed by atoms with Crippen LogP contribution in [0.25, 0.3) is 0 Å². The molecule has 39 heavy (non-hydrogen) atoms. The SMILES string of the molecule is CCCc1cccc2c1N(C(CCS(=O)(=O)O)N1c3ccccc3Oc3ccc(Br)cc31)c1ccccc1O2. The fourth-order valence-electron chi connectivity index (χ4n) is 5.39. The molecular weight excluding hydrogens is 580 g/mol. The zero-order valence-corrected chi connectivity index (χ0v) is 23.7. The highest BCUT2D eigenvalue weighted by Gasteiger charge is 2.39. The summed E-state index contributed by atoms with van der Waals surface area (Å²) < 4.78 is 47.8. The Hall–Kier alpha value is -3.53. The van der Waals surface area contributed by atoms with Gasteiger partial charge in [-0.2, -0.15) is 8.42 Å². The van der Waals surface area contributed by atoms with Gasteiger partial charge >= 0.3 is 0 Å². The highest BCUT2D eigenvalue weighted by molar-refractivity contribution is 9.10. The van der Waals surface area contributed by atoms with E-state index in [-0.39, 0.29) is 6.42 Å². The number of nitrogens with zero attached hydrogens (tertiary/aromatic N) is 2. The van der Waals surface area contributed by atoms with Gasteiger partial charge < -0.3 is 19.3 Å². The van der Waals surface area contributed by atoms with Crippen LogP contribution in [0.5, 0.6) is 23.0 Å². The quantitative estimate of drug-likeness (QED) is 0.212. The molecule has 0 radical (unpaired) electrons. The molecule has 4 aromatic carbocycles. The van der Waals surface area contributed by atoms with Crippen molar-refractivity contribution < 1.29 is 22.4 Å². The molecule has 200 valence electrons. The Kier molecular flexibility index (Phi) is 6.74. The smallest absolute Gasteiger partial charge is 0.265 e. The summed E-state index contributed by atoms with van der Waals surface area (Å²) in [6, 6.07) is 27.3. The fraction of sp³-hybridized carbons (Fsp3) is 0.200. The van der Waals surface area contributed by atoms with Crippen LogP contribution in [-0.4, -0.2) is 24.9 Å². The normalized spacial score (nSPS) is 14.3. The van der Waals surface area contributed by atoms with E-state index < -0.39 is 22.0 Å². The molecule has 4 aromatic rings. The van der Waals surface area contributed by atoms with Crippen LogP contribution in [0.3, 0.4) is 0 Å². The molecule has 0 spiro atoms. The third kappa shape index (κ3) is 4.86. The van der Waals surface area contributed by atoms with Gasteiger partial charge in [-0.25, -0.2) is 0 Å². The zero-order chi connectivity index (χ0) is 27.1. The number of para-hydroxylation sites is 5. The topological polar surface area (TPSA) is 79.3 Å². The average molecular weight is 608 g/mol. The van der Waals surface area contributed by atoms with E-state index in [0.717, 1.165) is 45.6 Å². The van der Waals surface area contributed by atoms with Gasteiger partial charge in [-0.3, -0.25) is 4.55 Å². The summed E-state index contributed by atoms with van der Waals surface area (Å²) in [5.41, 5.74) is 4.37. The maximum absolute atomic E-state index is 12.2. The highest BCUT2D eigenvalue weighted by Crippen LogP contribution is 2.54. The van der Waals surface area contributed by atoms with E-state index in [1.165, 1.54) is 0 Å². The summed E-state index contributed by atoms with van der Waals surface area (Å²) in [6.45, 7) is 2.13. The molecule has 1 unspecified atom stereocenters. The third-order valence-electron chi connectivity index (χ3n) is 6.94.